The summed E-state index contributed by atoms with van der Waals surface area (Å²) in [6.45, 7) is 1.13. The Kier molecular flexibility index (Phi) is 5.28. The summed E-state index contributed by atoms with van der Waals surface area (Å²) in [6, 6.07) is 11.1. The monoisotopic (exact) mass is 454 g/mol. The number of nitrogens with zero attached hydrogens (tertiary/aromatic N) is 3. The van der Waals surface area contributed by atoms with Gasteiger partial charge in [0.05, 0.1) is 16.4 Å². The third-order valence-corrected chi connectivity index (χ3v) is 5.85. The van der Waals surface area contributed by atoms with Crippen LogP contribution in [-0.2, 0) is 4.74 Å². The predicted molar refractivity (Wildman–Crippen MR) is 122 cm³/mol. The summed E-state index contributed by atoms with van der Waals surface area (Å²) in [5.41, 5.74) is 8.38. The van der Waals surface area contributed by atoms with E-state index in [9.17, 15) is 9.18 Å². The van der Waals surface area contributed by atoms with Gasteiger partial charge < -0.3 is 20.8 Å². The number of ether oxygens (including phenoxy) is 1. The van der Waals surface area contributed by atoms with Crippen molar-refractivity contribution in [2.45, 2.75) is 18.9 Å². The lowest BCUT2D eigenvalue weighted by atomic mass is 10.1. The highest BCUT2D eigenvalue weighted by Crippen LogP contribution is 2.33. The van der Waals surface area contributed by atoms with Crippen LogP contribution in [0.4, 0.5) is 21.7 Å². The number of anilines is 3. The minimum absolute atomic E-state index is 0.0638. The average molecular weight is 455 g/mol. The molecule has 0 spiro atoms. The van der Waals surface area contributed by atoms with Crippen LogP contribution in [0.25, 0.3) is 22.4 Å². The van der Waals surface area contributed by atoms with E-state index >= 15 is 0 Å². The van der Waals surface area contributed by atoms with Crippen molar-refractivity contribution >= 4 is 40.1 Å². The molecule has 0 atom stereocenters. The maximum absolute atomic E-state index is 13.8. The Morgan fingerprint density at radius 3 is 2.75 bits per heavy atom. The minimum atomic E-state index is -0.449. The number of imidazole rings is 1. The standard InChI is InChI=1S/C22H20ClFN6O2/c23-15-4-2-1-3-14(15)18-19-20(30(22(31)28-19)13-7-9-32-10-8-13)29-21(27-18)26-17-11-12(24)5-6-16(17)25/h1-6,11,13H,7-10,25H2,(H,28,31)(H,26,27,29). The van der Waals surface area contributed by atoms with Gasteiger partial charge in [0, 0.05) is 24.8 Å². The van der Waals surface area contributed by atoms with Crippen molar-refractivity contribution in [3.05, 3.63) is 63.8 Å². The Balaban J connectivity index is 1.73. The van der Waals surface area contributed by atoms with E-state index in [0.717, 1.165) is 0 Å². The van der Waals surface area contributed by atoms with Crippen molar-refractivity contribution in [2.24, 2.45) is 0 Å². The molecule has 1 saturated heterocycles. The van der Waals surface area contributed by atoms with E-state index < -0.39 is 5.82 Å². The van der Waals surface area contributed by atoms with E-state index in [2.05, 4.69) is 20.3 Å². The number of halogens is 2. The number of H-pyrrole nitrogens is 1. The van der Waals surface area contributed by atoms with Crippen molar-refractivity contribution in [1.82, 2.24) is 19.5 Å². The third kappa shape index (κ3) is 3.69. The van der Waals surface area contributed by atoms with Gasteiger partial charge in [-0.05, 0) is 37.1 Å². The molecule has 0 amide bonds. The van der Waals surface area contributed by atoms with Crippen LogP contribution < -0.4 is 16.7 Å². The lowest BCUT2D eigenvalue weighted by Crippen LogP contribution is -2.27. The van der Waals surface area contributed by atoms with Gasteiger partial charge in [-0.1, -0.05) is 29.8 Å². The second kappa shape index (κ2) is 8.25. The molecule has 3 heterocycles. The summed E-state index contributed by atoms with van der Waals surface area (Å²) < 4.78 is 20.9. The molecule has 1 aliphatic rings. The fourth-order valence-electron chi connectivity index (χ4n) is 3.95. The molecule has 0 unspecified atom stereocenters. The number of nitrogen functional groups attached to an aromatic ring is 1. The number of aromatic nitrogens is 4. The predicted octanol–water partition coefficient (Wildman–Crippen LogP) is 4.26. The van der Waals surface area contributed by atoms with E-state index in [1.165, 1.54) is 18.2 Å². The van der Waals surface area contributed by atoms with E-state index in [0.29, 0.717) is 64.9 Å². The number of fused-ring (bicyclic) bond motifs is 1. The van der Waals surface area contributed by atoms with Crippen LogP contribution in [0.15, 0.2) is 47.3 Å². The Hall–Kier alpha value is -3.43. The first-order valence-electron chi connectivity index (χ1n) is 10.2. The van der Waals surface area contributed by atoms with Crippen LogP contribution in [0, 0.1) is 5.82 Å². The Morgan fingerprint density at radius 2 is 1.97 bits per heavy atom. The van der Waals surface area contributed by atoms with Gasteiger partial charge in [0.2, 0.25) is 5.95 Å². The van der Waals surface area contributed by atoms with Crippen molar-refractivity contribution in [3.63, 3.8) is 0 Å². The van der Waals surface area contributed by atoms with Crippen LogP contribution in [0.2, 0.25) is 5.02 Å². The average Bonchev–Trinajstić information content (AvgIpc) is 3.12. The number of nitrogens with one attached hydrogen (secondary N) is 2. The van der Waals surface area contributed by atoms with Crippen molar-refractivity contribution in [1.29, 1.82) is 0 Å². The second-order valence-corrected chi connectivity index (χ2v) is 7.98. The largest absolute Gasteiger partial charge is 0.397 e. The van der Waals surface area contributed by atoms with Gasteiger partial charge >= 0.3 is 5.69 Å². The van der Waals surface area contributed by atoms with Crippen LogP contribution in [0.1, 0.15) is 18.9 Å². The van der Waals surface area contributed by atoms with Gasteiger partial charge in [0.1, 0.15) is 17.0 Å². The molecule has 4 N–H and O–H groups in total. The van der Waals surface area contributed by atoms with Crippen molar-refractivity contribution < 1.29 is 9.13 Å². The first-order valence-corrected chi connectivity index (χ1v) is 10.6. The lowest BCUT2D eigenvalue weighted by Gasteiger charge is -2.23. The number of rotatable bonds is 4. The summed E-state index contributed by atoms with van der Waals surface area (Å²) in [7, 11) is 0. The molecule has 0 radical (unpaired) electrons. The Labute approximate surface area is 187 Å². The first kappa shape index (κ1) is 20.5. The van der Waals surface area contributed by atoms with Crippen LogP contribution >= 0.6 is 11.6 Å². The molecule has 0 saturated carbocycles. The molecular formula is C22H20ClFN6O2. The first-order chi connectivity index (χ1) is 15.5. The maximum atomic E-state index is 13.8. The molecular weight excluding hydrogens is 435 g/mol. The summed E-state index contributed by atoms with van der Waals surface area (Å²) in [5, 5.41) is 3.47. The topological polar surface area (TPSA) is 111 Å². The van der Waals surface area contributed by atoms with Gasteiger partial charge in [-0.15, -0.1) is 0 Å². The highest BCUT2D eigenvalue weighted by molar-refractivity contribution is 6.33. The quantitative estimate of drug-likeness (QED) is 0.397. The fraction of sp³-hybridized carbons (Fsp3) is 0.227. The van der Waals surface area contributed by atoms with E-state index in [-0.39, 0.29) is 17.7 Å². The number of hydrogen-bond donors (Lipinski definition) is 3. The number of hydrogen-bond acceptors (Lipinski definition) is 6. The Bertz CT molecular complexity index is 1360. The van der Waals surface area contributed by atoms with Crippen LogP contribution in [-0.4, -0.2) is 32.7 Å². The maximum Gasteiger partial charge on any atom is 0.327 e. The van der Waals surface area contributed by atoms with Crippen LogP contribution in [0.5, 0.6) is 0 Å². The van der Waals surface area contributed by atoms with Crippen molar-refractivity contribution in [3.8, 4) is 11.3 Å². The summed E-state index contributed by atoms with van der Waals surface area (Å²) in [5.74, 6) is -0.278. The van der Waals surface area contributed by atoms with Gasteiger partial charge in [0.25, 0.3) is 0 Å². The van der Waals surface area contributed by atoms with Crippen molar-refractivity contribution in [2.75, 3.05) is 24.3 Å². The number of benzene rings is 2. The highest BCUT2D eigenvalue weighted by Gasteiger charge is 2.24. The normalized spacial score (nSPS) is 14.7. The molecule has 10 heteroatoms. The lowest BCUT2D eigenvalue weighted by molar-refractivity contribution is 0.0697. The van der Waals surface area contributed by atoms with Gasteiger partial charge in [-0.2, -0.15) is 4.98 Å². The molecule has 164 valence electrons. The molecule has 4 aromatic rings. The SMILES string of the molecule is Nc1ccc(F)cc1Nc1nc(-c2ccccc2Cl)c2[nH]c(=O)n(C3CCOCC3)c2n1. The third-order valence-electron chi connectivity index (χ3n) is 5.52. The summed E-state index contributed by atoms with van der Waals surface area (Å²) in [6.07, 6.45) is 1.38. The molecule has 2 aromatic heterocycles. The molecule has 0 aliphatic carbocycles. The summed E-state index contributed by atoms with van der Waals surface area (Å²) >= 11 is 6.45. The highest BCUT2D eigenvalue weighted by atomic mass is 35.5. The van der Waals surface area contributed by atoms with E-state index in [4.69, 9.17) is 22.1 Å². The fourth-order valence-corrected chi connectivity index (χ4v) is 4.17. The second-order valence-electron chi connectivity index (χ2n) is 7.57. The zero-order valence-corrected chi connectivity index (χ0v) is 17.7. The minimum Gasteiger partial charge on any atom is -0.397 e. The smallest absolute Gasteiger partial charge is 0.327 e. The summed E-state index contributed by atoms with van der Waals surface area (Å²) in [4.78, 5) is 25.1. The van der Waals surface area contributed by atoms with Gasteiger partial charge in [-0.3, -0.25) is 4.57 Å². The molecule has 5 rings (SSSR count). The molecule has 32 heavy (non-hydrogen) atoms. The zero-order valence-electron chi connectivity index (χ0n) is 16.9. The molecule has 1 aliphatic heterocycles. The van der Waals surface area contributed by atoms with E-state index in [1.807, 2.05) is 18.2 Å². The molecule has 1 fully saturated rings. The number of nitrogens with two attached hydrogens (primary N) is 1. The molecule has 2 aromatic carbocycles. The van der Waals surface area contributed by atoms with Crippen LogP contribution in [0.3, 0.4) is 0 Å². The van der Waals surface area contributed by atoms with Gasteiger partial charge in [0.15, 0.2) is 5.65 Å². The Morgan fingerprint density at radius 1 is 1.19 bits per heavy atom. The number of aromatic amines is 1. The molecule has 8 nitrogen and oxygen atoms in total. The van der Waals surface area contributed by atoms with Gasteiger partial charge in [-0.25, -0.2) is 14.2 Å². The van der Waals surface area contributed by atoms with E-state index in [1.54, 1.807) is 10.6 Å². The molecule has 0 bridgehead atoms. The zero-order chi connectivity index (χ0) is 22.2.